The maximum atomic E-state index is 13.5. The third kappa shape index (κ3) is 10.9. The Morgan fingerprint density at radius 3 is 2.22 bits per heavy atom. The van der Waals surface area contributed by atoms with E-state index in [1.54, 1.807) is 23.9 Å². The lowest BCUT2D eigenvalue weighted by atomic mass is 9.99. The van der Waals surface area contributed by atoms with Crippen molar-refractivity contribution in [1.29, 1.82) is 0 Å². The average molecular weight is 868 g/mol. The Labute approximate surface area is 362 Å². The van der Waals surface area contributed by atoms with Crippen molar-refractivity contribution in [2.75, 3.05) is 48.7 Å². The minimum absolute atomic E-state index is 0.133. The zero-order valence-corrected chi connectivity index (χ0v) is 36.3. The van der Waals surface area contributed by atoms with Crippen LogP contribution in [0.4, 0.5) is 17.1 Å². The quantitative estimate of drug-likeness (QED) is 0.0563. The standard InChI is InChI=1S/C46H51ClN6O5S2/c1-33-12-13-34(2)52(33)25-24-39(32-59-41-9-4-3-5-10-41)48-44-23-22-42(30-45(44)53(55)56)60(57,58)49-46(54)36-16-20-40(21-17-36)51-28-26-50(27-29-51)31-37-8-6-7-11-43(37)35-14-18-38(47)19-15-35/h3-11,14-23,30,33-34,39,48H,12-13,24-29,31-32H2,1-2H3,(H,49,54)/t33-,34-,39+/m0/s1. The number of amides is 1. The van der Waals surface area contributed by atoms with Crippen LogP contribution in [-0.2, 0) is 16.6 Å². The molecular weight excluding hydrogens is 816 g/mol. The van der Waals surface area contributed by atoms with Gasteiger partial charge in [0.05, 0.1) is 9.82 Å². The first kappa shape index (κ1) is 43.2. The van der Waals surface area contributed by atoms with Crippen molar-refractivity contribution in [2.24, 2.45) is 0 Å². The van der Waals surface area contributed by atoms with Crippen molar-refractivity contribution in [3.63, 3.8) is 0 Å². The molecule has 0 unspecified atom stereocenters. The summed E-state index contributed by atoms with van der Waals surface area (Å²) in [5, 5.41) is 16.4. The third-order valence-corrected chi connectivity index (χ3v) is 14.3. The zero-order valence-electron chi connectivity index (χ0n) is 33.9. The van der Waals surface area contributed by atoms with E-state index in [9.17, 15) is 23.3 Å². The van der Waals surface area contributed by atoms with E-state index in [2.05, 4.69) is 56.8 Å². The molecule has 0 spiro atoms. The number of carbonyl (C=O) groups excluding carboxylic acids is 1. The van der Waals surface area contributed by atoms with Gasteiger partial charge in [-0.15, -0.1) is 11.8 Å². The van der Waals surface area contributed by atoms with Crippen molar-refractivity contribution in [1.82, 2.24) is 14.5 Å². The van der Waals surface area contributed by atoms with Gasteiger partial charge in [0.15, 0.2) is 0 Å². The molecule has 11 nitrogen and oxygen atoms in total. The average Bonchev–Trinajstić information content (AvgIpc) is 3.58. The van der Waals surface area contributed by atoms with Crippen molar-refractivity contribution in [3.05, 3.63) is 148 Å². The number of nitrogens with one attached hydrogen (secondary N) is 2. The topological polar surface area (TPSA) is 128 Å². The third-order valence-electron chi connectivity index (χ3n) is 11.6. The fourth-order valence-corrected chi connectivity index (χ4v) is 10.2. The second-order valence-corrected chi connectivity index (χ2v) is 18.8. The predicted molar refractivity (Wildman–Crippen MR) is 243 cm³/mol. The molecule has 0 aromatic heterocycles. The van der Waals surface area contributed by atoms with Gasteiger partial charge in [0.25, 0.3) is 21.6 Å². The summed E-state index contributed by atoms with van der Waals surface area (Å²) in [5.41, 5.74) is 4.50. The van der Waals surface area contributed by atoms with Crippen molar-refractivity contribution in [2.45, 2.75) is 67.6 Å². The van der Waals surface area contributed by atoms with Gasteiger partial charge in [-0.1, -0.05) is 66.2 Å². The molecule has 2 aliphatic rings. The molecular formula is C46H51ClN6O5S2. The molecule has 1 amide bonds. The first-order chi connectivity index (χ1) is 28.9. The van der Waals surface area contributed by atoms with Crippen LogP contribution in [-0.4, -0.2) is 85.7 Å². The molecule has 5 aromatic rings. The number of likely N-dealkylation sites (tertiary alicyclic amines) is 1. The molecule has 0 radical (unpaired) electrons. The lowest BCUT2D eigenvalue weighted by Crippen LogP contribution is -2.46. The lowest BCUT2D eigenvalue weighted by Gasteiger charge is -2.36. The number of carbonyl (C=O) groups is 1. The number of rotatable bonds is 16. The number of sulfonamides is 1. The molecule has 14 heteroatoms. The first-order valence-electron chi connectivity index (χ1n) is 20.4. The van der Waals surface area contributed by atoms with Crippen LogP contribution in [0.5, 0.6) is 0 Å². The Morgan fingerprint density at radius 2 is 1.53 bits per heavy atom. The van der Waals surface area contributed by atoms with Crippen LogP contribution in [0.25, 0.3) is 11.1 Å². The van der Waals surface area contributed by atoms with E-state index < -0.39 is 20.9 Å². The lowest BCUT2D eigenvalue weighted by molar-refractivity contribution is -0.384. The van der Waals surface area contributed by atoms with Gasteiger partial charge in [-0.3, -0.25) is 24.7 Å². The highest BCUT2D eigenvalue weighted by atomic mass is 35.5. The molecule has 2 aliphatic heterocycles. The van der Waals surface area contributed by atoms with Crippen molar-refractivity contribution >= 4 is 56.4 Å². The van der Waals surface area contributed by atoms with E-state index >= 15 is 0 Å². The number of halogens is 1. The number of piperazine rings is 1. The van der Waals surface area contributed by atoms with Gasteiger partial charge in [-0.2, -0.15) is 0 Å². The van der Waals surface area contributed by atoms with Crippen LogP contribution in [0.1, 0.15) is 49.0 Å². The molecule has 60 heavy (non-hydrogen) atoms. The maximum Gasteiger partial charge on any atom is 0.293 e. The second kappa shape index (κ2) is 19.6. The van der Waals surface area contributed by atoms with Crippen molar-refractivity contribution < 1.29 is 18.1 Å². The van der Waals surface area contributed by atoms with Crippen molar-refractivity contribution in [3.8, 4) is 11.1 Å². The Morgan fingerprint density at radius 1 is 0.867 bits per heavy atom. The summed E-state index contributed by atoms with van der Waals surface area (Å²) in [6, 6.07) is 37.7. The van der Waals surface area contributed by atoms with Gasteiger partial charge in [-0.05, 0) is 110 Å². The highest BCUT2D eigenvalue weighted by Gasteiger charge is 2.29. The maximum absolute atomic E-state index is 13.5. The SMILES string of the molecule is C[C@H]1CC[C@H](C)N1CC[C@H](CSc1ccccc1)Nc1ccc(S(=O)(=O)NC(=O)c2ccc(N3CCN(Cc4ccccc4-c4ccc(Cl)cc4)CC3)cc2)cc1[N+](=O)[O-]. The number of hydrogen-bond acceptors (Lipinski definition) is 10. The zero-order chi connectivity index (χ0) is 42.2. The molecule has 2 saturated heterocycles. The summed E-state index contributed by atoms with van der Waals surface area (Å²) in [7, 11) is -4.44. The molecule has 2 heterocycles. The molecule has 0 aliphatic carbocycles. The fraction of sp³-hybridized carbons (Fsp3) is 0.326. The molecule has 3 atom stereocenters. The van der Waals surface area contributed by atoms with Crippen LogP contribution in [0.15, 0.2) is 131 Å². The van der Waals surface area contributed by atoms with Crippen LogP contribution >= 0.6 is 23.4 Å². The Bertz CT molecular complexity index is 2350. The van der Waals surface area contributed by atoms with Gasteiger partial charge >= 0.3 is 0 Å². The molecule has 2 fully saturated rings. The highest BCUT2D eigenvalue weighted by molar-refractivity contribution is 7.99. The molecule has 7 rings (SSSR count). The Kier molecular flexibility index (Phi) is 14.1. The normalized spacial score (nSPS) is 17.9. The number of benzene rings is 5. The highest BCUT2D eigenvalue weighted by Crippen LogP contribution is 2.32. The van der Waals surface area contributed by atoms with Gasteiger partial charge in [-0.25, -0.2) is 13.1 Å². The molecule has 5 aromatic carbocycles. The largest absolute Gasteiger partial charge is 0.376 e. The molecule has 0 bridgehead atoms. The molecule has 0 saturated carbocycles. The molecule has 2 N–H and O–H groups in total. The number of hydrogen-bond donors (Lipinski definition) is 2. The summed E-state index contributed by atoms with van der Waals surface area (Å²) < 4.78 is 29.1. The van der Waals surface area contributed by atoms with Gasteiger partial charge in [0.2, 0.25) is 0 Å². The Balaban J connectivity index is 0.965. The first-order valence-corrected chi connectivity index (χ1v) is 23.2. The molecule has 314 valence electrons. The predicted octanol–water partition coefficient (Wildman–Crippen LogP) is 9.19. The van der Waals surface area contributed by atoms with E-state index in [1.165, 1.54) is 23.3 Å². The van der Waals surface area contributed by atoms with E-state index in [-0.39, 0.29) is 27.9 Å². The monoisotopic (exact) mass is 866 g/mol. The fourth-order valence-electron chi connectivity index (χ4n) is 8.11. The minimum atomic E-state index is -4.44. The van der Waals surface area contributed by atoms with E-state index in [0.717, 1.165) is 80.7 Å². The minimum Gasteiger partial charge on any atom is -0.376 e. The van der Waals surface area contributed by atoms with Crippen LogP contribution in [0.2, 0.25) is 5.02 Å². The smallest absolute Gasteiger partial charge is 0.293 e. The van der Waals surface area contributed by atoms with Crippen LogP contribution in [0, 0.1) is 10.1 Å². The van der Waals surface area contributed by atoms with E-state index in [4.69, 9.17) is 11.6 Å². The number of thioether (sulfide) groups is 1. The summed E-state index contributed by atoms with van der Waals surface area (Å²) in [6.07, 6.45) is 3.03. The Hall–Kier alpha value is -4.92. The van der Waals surface area contributed by atoms with Gasteiger partial charge < -0.3 is 10.2 Å². The van der Waals surface area contributed by atoms with Crippen LogP contribution in [0.3, 0.4) is 0 Å². The second-order valence-electron chi connectivity index (χ2n) is 15.6. The van der Waals surface area contributed by atoms with Crippen LogP contribution < -0.4 is 14.9 Å². The number of nitro benzene ring substituents is 1. The number of nitrogens with zero attached hydrogens (tertiary/aromatic N) is 4. The van der Waals surface area contributed by atoms with E-state index in [0.29, 0.717) is 22.9 Å². The summed E-state index contributed by atoms with van der Waals surface area (Å²) in [6.45, 7) is 9.39. The van der Waals surface area contributed by atoms with Gasteiger partial charge in [0.1, 0.15) is 5.69 Å². The summed E-state index contributed by atoms with van der Waals surface area (Å²) in [4.78, 5) is 32.9. The van der Waals surface area contributed by atoms with Gasteiger partial charge in [0, 0.05) is 90.4 Å². The number of anilines is 2. The van der Waals surface area contributed by atoms with E-state index in [1.807, 2.05) is 72.8 Å². The number of nitro groups is 1. The summed E-state index contributed by atoms with van der Waals surface area (Å²) >= 11 is 7.79. The summed E-state index contributed by atoms with van der Waals surface area (Å²) in [5.74, 6) is -0.164.